The zero-order valence-electron chi connectivity index (χ0n) is 8.26. The number of hydrogen-bond donors (Lipinski definition) is 0. The van der Waals surface area contributed by atoms with Crippen molar-refractivity contribution < 1.29 is 0 Å². The third-order valence-electron chi connectivity index (χ3n) is 2.09. The maximum atomic E-state index is 5.77. The first-order chi connectivity index (χ1) is 7.27. The normalized spacial score (nSPS) is 10.0. The highest BCUT2D eigenvalue weighted by molar-refractivity contribution is 6.30. The van der Waals surface area contributed by atoms with Crippen molar-refractivity contribution in [3.8, 4) is 0 Å². The van der Waals surface area contributed by atoms with Gasteiger partial charge in [-0.25, -0.2) is 4.98 Å². The number of nitrogens with zero attached hydrogens (tertiary/aromatic N) is 3. The van der Waals surface area contributed by atoms with Crippen LogP contribution >= 0.6 is 11.6 Å². The average molecular weight is 220 g/mol. The molecule has 0 aromatic carbocycles. The van der Waals surface area contributed by atoms with Crippen molar-refractivity contribution in [1.82, 2.24) is 9.97 Å². The molecule has 0 spiro atoms. The molecule has 0 saturated carbocycles. The molecule has 0 atom stereocenters. The van der Waals surface area contributed by atoms with Gasteiger partial charge in [-0.15, -0.1) is 0 Å². The summed E-state index contributed by atoms with van der Waals surface area (Å²) in [5.74, 6) is 0.840. The lowest BCUT2D eigenvalue weighted by Gasteiger charge is -2.17. The molecular weight excluding hydrogens is 210 g/mol. The van der Waals surface area contributed by atoms with Crippen LogP contribution in [0.3, 0.4) is 0 Å². The van der Waals surface area contributed by atoms with Crippen molar-refractivity contribution in [1.29, 1.82) is 0 Å². The van der Waals surface area contributed by atoms with Crippen LogP contribution in [-0.2, 0) is 0 Å². The Hall–Kier alpha value is -1.61. The van der Waals surface area contributed by atoms with Crippen LogP contribution in [0, 0.1) is 0 Å². The molecule has 15 heavy (non-hydrogen) atoms. The van der Waals surface area contributed by atoms with E-state index in [4.69, 9.17) is 11.6 Å². The lowest BCUT2D eigenvalue weighted by molar-refractivity contribution is 1.11. The molecule has 2 aromatic heterocycles. The molecule has 0 aliphatic carbocycles. The van der Waals surface area contributed by atoms with Crippen LogP contribution < -0.4 is 4.90 Å². The van der Waals surface area contributed by atoms with Gasteiger partial charge in [-0.2, -0.15) is 0 Å². The Labute approximate surface area is 93.4 Å². The highest BCUT2D eigenvalue weighted by atomic mass is 35.5. The van der Waals surface area contributed by atoms with E-state index < -0.39 is 0 Å². The summed E-state index contributed by atoms with van der Waals surface area (Å²) in [7, 11) is 1.94. The largest absolute Gasteiger partial charge is 0.328 e. The number of hydrogen-bond acceptors (Lipinski definition) is 3. The van der Waals surface area contributed by atoms with Crippen LogP contribution in [-0.4, -0.2) is 17.0 Å². The molecular formula is C11H10ClN3. The van der Waals surface area contributed by atoms with Crippen molar-refractivity contribution in [2.75, 3.05) is 11.9 Å². The second-order valence-electron chi connectivity index (χ2n) is 3.10. The molecule has 76 valence electrons. The van der Waals surface area contributed by atoms with Gasteiger partial charge in [0, 0.05) is 19.4 Å². The highest BCUT2D eigenvalue weighted by Gasteiger charge is 2.03. The second-order valence-corrected chi connectivity index (χ2v) is 3.54. The van der Waals surface area contributed by atoms with Crippen molar-refractivity contribution in [3.63, 3.8) is 0 Å². The molecule has 2 rings (SSSR count). The van der Waals surface area contributed by atoms with Gasteiger partial charge < -0.3 is 4.90 Å². The fourth-order valence-corrected chi connectivity index (χ4v) is 1.36. The summed E-state index contributed by atoms with van der Waals surface area (Å²) in [6, 6.07) is 7.55. The van der Waals surface area contributed by atoms with E-state index >= 15 is 0 Å². The zero-order valence-corrected chi connectivity index (χ0v) is 9.02. The number of halogens is 1. The fraction of sp³-hybridized carbons (Fsp3) is 0.0909. The highest BCUT2D eigenvalue weighted by Crippen LogP contribution is 2.20. The summed E-state index contributed by atoms with van der Waals surface area (Å²) >= 11 is 5.77. The Bertz CT molecular complexity index is 427. The molecule has 0 fully saturated rings. The Kier molecular flexibility index (Phi) is 2.83. The predicted molar refractivity (Wildman–Crippen MR) is 61.5 cm³/mol. The topological polar surface area (TPSA) is 29.0 Å². The van der Waals surface area contributed by atoms with E-state index in [0.29, 0.717) is 5.02 Å². The van der Waals surface area contributed by atoms with Gasteiger partial charge in [-0.05, 0) is 24.3 Å². The van der Waals surface area contributed by atoms with Gasteiger partial charge in [0.15, 0.2) is 0 Å². The smallest absolute Gasteiger partial charge is 0.132 e. The van der Waals surface area contributed by atoms with Gasteiger partial charge >= 0.3 is 0 Å². The maximum absolute atomic E-state index is 5.77. The van der Waals surface area contributed by atoms with Crippen molar-refractivity contribution in [2.24, 2.45) is 0 Å². The first-order valence-electron chi connectivity index (χ1n) is 4.52. The van der Waals surface area contributed by atoms with E-state index in [1.165, 1.54) is 0 Å². The second kappa shape index (κ2) is 4.28. The molecule has 0 saturated heterocycles. The SMILES string of the molecule is CN(c1cccnc1)c1ccc(Cl)cn1. The van der Waals surface area contributed by atoms with E-state index in [1.807, 2.05) is 36.2 Å². The Morgan fingerprint density at radius 2 is 2.07 bits per heavy atom. The number of rotatable bonds is 2. The quantitative estimate of drug-likeness (QED) is 0.778. The van der Waals surface area contributed by atoms with Crippen LogP contribution in [0.5, 0.6) is 0 Å². The Morgan fingerprint density at radius 3 is 2.67 bits per heavy atom. The minimum Gasteiger partial charge on any atom is -0.328 e. The monoisotopic (exact) mass is 219 g/mol. The predicted octanol–water partition coefficient (Wildman–Crippen LogP) is 2.90. The van der Waals surface area contributed by atoms with Crippen molar-refractivity contribution in [3.05, 3.63) is 47.9 Å². The Balaban J connectivity index is 2.29. The fourth-order valence-electron chi connectivity index (χ4n) is 1.25. The minimum absolute atomic E-state index is 0.637. The van der Waals surface area contributed by atoms with E-state index in [2.05, 4.69) is 9.97 Å². The van der Waals surface area contributed by atoms with E-state index in [9.17, 15) is 0 Å². The van der Waals surface area contributed by atoms with Crippen LogP contribution in [0.4, 0.5) is 11.5 Å². The van der Waals surface area contributed by atoms with E-state index in [0.717, 1.165) is 11.5 Å². The van der Waals surface area contributed by atoms with Crippen LogP contribution in [0.1, 0.15) is 0 Å². The van der Waals surface area contributed by atoms with Gasteiger partial charge in [0.1, 0.15) is 5.82 Å². The summed E-state index contributed by atoms with van der Waals surface area (Å²) in [6.45, 7) is 0. The van der Waals surface area contributed by atoms with Gasteiger partial charge in [0.05, 0.1) is 16.9 Å². The number of aromatic nitrogens is 2. The zero-order chi connectivity index (χ0) is 10.7. The molecule has 0 aliphatic rings. The summed E-state index contributed by atoms with van der Waals surface area (Å²) in [6.07, 6.45) is 5.16. The molecule has 0 N–H and O–H groups in total. The molecule has 4 heteroatoms. The molecule has 0 bridgehead atoms. The molecule has 2 aromatic rings. The summed E-state index contributed by atoms with van der Waals surface area (Å²) in [5.41, 5.74) is 0.993. The van der Waals surface area contributed by atoms with E-state index in [-0.39, 0.29) is 0 Å². The molecule has 0 radical (unpaired) electrons. The van der Waals surface area contributed by atoms with Crippen molar-refractivity contribution >= 4 is 23.1 Å². The lowest BCUT2D eigenvalue weighted by atomic mass is 10.3. The van der Waals surface area contributed by atoms with E-state index in [1.54, 1.807) is 18.6 Å². The first kappa shape index (κ1) is 9.93. The van der Waals surface area contributed by atoms with Crippen LogP contribution in [0.2, 0.25) is 5.02 Å². The number of pyridine rings is 2. The molecule has 0 unspecified atom stereocenters. The average Bonchev–Trinajstić information content (AvgIpc) is 2.30. The van der Waals surface area contributed by atoms with Gasteiger partial charge in [-0.3, -0.25) is 4.98 Å². The molecule has 2 heterocycles. The van der Waals surface area contributed by atoms with Gasteiger partial charge in [0.25, 0.3) is 0 Å². The minimum atomic E-state index is 0.637. The summed E-state index contributed by atoms with van der Waals surface area (Å²) in [5, 5.41) is 0.637. The molecule has 3 nitrogen and oxygen atoms in total. The maximum Gasteiger partial charge on any atom is 0.132 e. The first-order valence-corrected chi connectivity index (χ1v) is 4.90. The van der Waals surface area contributed by atoms with Crippen LogP contribution in [0.25, 0.3) is 0 Å². The van der Waals surface area contributed by atoms with Crippen LogP contribution in [0.15, 0.2) is 42.9 Å². The summed E-state index contributed by atoms with van der Waals surface area (Å²) in [4.78, 5) is 10.2. The van der Waals surface area contributed by atoms with Gasteiger partial charge in [-0.1, -0.05) is 11.6 Å². The molecule has 0 amide bonds. The van der Waals surface area contributed by atoms with Gasteiger partial charge in [0.2, 0.25) is 0 Å². The summed E-state index contributed by atoms with van der Waals surface area (Å²) < 4.78 is 0. The third-order valence-corrected chi connectivity index (χ3v) is 2.31. The molecule has 0 aliphatic heterocycles. The number of anilines is 2. The Morgan fingerprint density at radius 1 is 1.20 bits per heavy atom. The lowest BCUT2D eigenvalue weighted by Crippen LogP contribution is -2.10. The van der Waals surface area contributed by atoms with Crippen molar-refractivity contribution in [2.45, 2.75) is 0 Å². The standard InChI is InChI=1S/C11H10ClN3/c1-15(10-3-2-6-13-8-10)11-5-4-9(12)7-14-11/h2-8H,1H3. The third kappa shape index (κ3) is 2.25.